The first kappa shape index (κ1) is 12.4. The zero-order valence-electron chi connectivity index (χ0n) is 11.0. The molecule has 0 aliphatic rings. The molecule has 1 aromatic carbocycles. The van der Waals surface area contributed by atoms with Crippen LogP contribution in [0.15, 0.2) is 41.2 Å². The van der Waals surface area contributed by atoms with Crippen LogP contribution in [0.1, 0.15) is 25.5 Å². The molecule has 2 N–H and O–H groups in total. The van der Waals surface area contributed by atoms with Crippen LogP contribution in [0.5, 0.6) is 0 Å². The molecule has 0 radical (unpaired) electrons. The van der Waals surface area contributed by atoms with E-state index in [-0.39, 0.29) is 11.6 Å². The molecule has 1 aromatic heterocycles. The maximum absolute atomic E-state index is 12.1. The molecule has 0 saturated carbocycles. The Balaban J connectivity index is 2.68. The molecule has 18 heavy (non-hydrogen) atoms. The van der Waals surface area contributed by atoms with Gasteiger partial charge in [0.05, 0.1) is 11.4 Å². The summed E-state index contributed by atoms with van der Waals surface area (Å²) in [5.74, 6) is 0. The molecule has 3 nitrogen and oxygen atoms in total. The van der Waals surface area contributed by atoms with Gasteiger partial charge in [-0.2, -0.15) is 0 Å². The molecule has 0 bridgehead atoms. The van der Waals surface area contributed by atoms with E-state index < -0.39 is 0 Å². The molecule has 0 atom stereocenters. The molecule has 94 valence electrons. The highest BCUT2D eigenvalue weighted by atomic mass is 16.1. The molecule has 2 aromatic rings. The van der Waals surface area contributed by atoms with Gasteiger partial charge in [-0.1, -0.05) is 29.8 Å². The van der Waals surface area contributed by atoms with Crippen LogP contribution in [-0.2, 0) is 0 Å². The number of nitrogens with zero attached hydrogens (tertiary/aromatic N) is 1. The van der Waals surface area contributed by atoms with Crippen molar-refractivity contribution in [2.24, 2.45) is 0 Å². The van der Waals surface area contributed by atoms with Gasteiger partial charge in [0, 0.05) is 6.04 Å². The van der Waals surface area contributed by atoms with Crippen LogP contribution in [0, 0.1) is 6.92 Å². The third kappa shape index (κ3) is 2.16. The number of pyridine rings is 1. The van der Waals surface area contributed by atoms with E-state index in [9.17, 15) is 4.79 Å². The lowest BCUT2D eigenvalue weighted by molar-refractivity contribution is 0.586. The molecule has 0 spiro atoms. The predicted molar refractivity (Wildman–Crippen MR) is 75.7 cm³/mol. The number of anilines is 1. The van der Waals surface area contributed by atoms with Gasteiger partial charge in [0.1, 0.15) is 0 Å². The fourth-order valence-electron chi connectivity index (χ4n) is 2.04. The van der Waals surface area contributed by atoms with Crippen LogP contribution in [-0.4, -0.2) is 4.57 Å². The van der Waals surface area contributed by atoms with Gasteiger partial charge in [-0.3, -0.25) is 4.79 Å². The Labute approximate surface area is 107 Å². The summed E-state index contributed by atoms with van der Waals surface area (Å²) >= 11 is 0. The van der Waals surface area contributed by atoms with Crippen LogP contribution in [0.25, 0.3) is 11.3 Å². The maximum Gasteiger partial charge on any atom is 0.274 e. The normalized spacial score (nSPS) is 10.9. The van der Waals surface area contributed by atoms with Gasteiger partial charge in [0.15, 0.2) is 0 Å². The number of nitrogen functional groups attached to an aromatic ring is 1. The largest absolute Gasteiger partial charge is 0.394 e. The fraction of sp³-hybridized carbons (Fsp3) is 0.267. The molecule has 0 aliphatic carbocycles. The zero-order valence-corrected chi connectivity index (χ0v) is 11.0. The lowest BCUT2D eigenvalue weighted by Crippen LogP contribution is -2.25. The molecule has 0 saturated heterocycles. The lowest BCUT2D eigenvalue weighted by atomic mass is 10.1. The van der Waals surface area contributed by atoms with Crippen molar-refractivity contribution in [1.82, 2.24) is 4.57 Å². The highest BCUT2D eigenvalue weighted by Gasteiger charge is 2.11. The monoisotopic (exact) mass is 242 g/mol. The third-order valence-electron chi connectivity index (χ3n) is 3.01. The highest BCUT2D eigenvalue weighted by Crippen LogP contribution is 2.22. The third-order valence-corrected chi connectivity index (χ3v) is 3.01. The molecule has 3 heteroatoms. The molecule has 0 unspecified atom stereocenters. The number of nitrogens with two attached hydrogens (primary N) is 1. The van der Waals surface area contributed by atoms with Crippen molar-refractivity contribution in [1.29, 1.82) is 0 Å². The smallest absolute Gasteiger partial charge is 0.274 e. The van der Waals surface area contributed by atoms with Gasteiger partial charge >= 0.3 is 0 Å². The minimum atomic E-state index is -0.122. The Kier molecular flexibility index (Phi) is 3.24. The quantitative estimate of drug-likeness (QED) is 0.880. The van der Waals surface area contributed by atoms with Crippen molar-refractivity contribution in [3.8, 4) is 11.3 Å². The van der Waals surface area contributed by atoms with Gasteiger partial charge in [-0.25, -0.2) is 0 Å². The maximum atomic E-state index is 12.1. The van der Waals surface area contributed by atoms with Crippen LogP contribution < -0.4 is 11.3 Å². The molecule has 0 amide bonds. The van der Waals surface area contributed by atoms with Crippen LogP contribution in [0.2, 0.25) is 0 Å². The Hall–Kier alpha value is -2.03. The molecule has 2 rings (SSSR count). The first-order chi connectivity index (χ1) is 8.50. The van der Waals surface area contributed by atoms with Crippen molar-refractivity contribution in [2.45, 2.75) is 26.8 Å². The van der Waals surface area contributed by atoms with Crippen molar-refractivity contribution in [3.63, 3.8) is 0 Å². The fourth-order valence-corrected chi connectivity index (χ4v) is 2.04. The number of rotatable bonds is 2. The van der Waals surface area contributed by atoms with E-state index in [0.717, 1.165) is 11.3 Å². The lowest BCUT2D eigenvalue weighted by Gasteiger charge is -2.17. The average molecular weight is 242 g/mol. The van der Waals surface area contributed by atoms with Crippen LogP contribution >= 0.6 is 0 Å². The van der Waals surface area contributed by atoms with E-state index in [0.29, 0.717) is 5.69 Å². The van der Waals surface area contributed by atoms with Crippen molar-refractivity contribution >= 4 is 5.69 Å². The van der Waals surface area contributed by atoms with Crippen LogP contribution in [0.4, 0.5) is 5.69 Å². The zero-order chi connectivity index (χ0) is 13.3. The van der Waals surface area contributed by atoms with E-state index >= 15 is 0 Å². The number of aryl methyl sites for hydroxylation is 1. The topological polar surface area (TPSA) is 48.0 Å². The van der Waals surface area contributed by atoms with Gasteiger partial charge < -0.3 is 10.3 Å². The summed E-state index contributed by atoms with van der Waals surface area (Å²) in [7, 11) is 0. The first-order valence-corrected chi connectivity index (χ1v) is 6.08. The van der Waals surface area contributed by atoms with Gasteiger partial charge in [0.2, 0.25) is 0 Å². The summed E-state index contributed by atoms with van der Waals surface area (Å²) in [4.78, 5) is 12.1. The number of hydrogen-bond acceptors (Lipinski definition) is 2. The Morgan fingerprint density at radius 2 is 1.67 bits per heavy atom. The number of aromatic nitrogens is 1. The van der Waals surface area contributed by atoms with E-state index in [1.54, 1.807) is 10.6 Å². The summed E-state index contributed by atoms with van der Waals surface area (Å²) in [5.41, 5.74) is 9.01. The molecule has 0 fully saturated rings. The SMILES string of the molecule is Cc1ccc(-c2ccc(N)c(=O)n2C(C)C)cc1. The second-order valence-corrected chi connectivity index (χ2v) is 4.81. The van der Waals surface area contributed by atoms with Crippen molar-refractivity contribution in [3.05, 3.63) is 52.3 Å². The van der Waals surface area contributed by atoms with E-state index in [1.807, 2.05) is 51.1 Å². The number of benzene rings is 1. The molecular formula is C15H18N2O. The van der Waals surface area contributed by atoms with Crippen LogP contribution in [0.3, 0.4) is 0 Å². The minimum absolute atomic E-state index is 0.0808. The van der Waals surface area contributed by atoms with E-state index in [2.05, 4.69) is 0 Å². The first-order valence-electron chi connectivity index (χ1n) is 6.08. The summed E-state index contributed by atoms with van der Waals surface area (Å²) in [6.45, 7) is 6.01. The molecule has 1 heterocycles. The number of hydrogen-bond donors (Lipinski definition) is 1. The molecule has 0 aliphatic heterocycles. The average Bonchev–Trinajstić information content (AvgIpc) is 2.33. The van der Waals surface area contributed by atoms with E-state index in [1.165, 1.54) is 5.56 Å². The van der Waals surface area contributed by atoms with Gasteiger partial charge in [-0.05, 0) is 38.5 Å². The Bertz CT molecular complexity index is 609. The summed E-state index contributed by atoms with van der Waals surface area (Å²) < 4.78 is 1.74. The Morgan fingerprint density at radius 3 is 2.22 bits per heavy atom. The van der Waals surface area contributed by atoms with Gasteiger partial charge in [-0.15, -0.1) is 0 Å². The van der Waals surface area contributed by atoms with E-state index in [4.69, 9.17) is 5.73 Å². The minimum Gasteiger partial charge on any atom is -0.394 e. The predicted octanol–water partition coefficient (Wildman–Crippen LogP) is 2.99. The van der Waals surface area contributed by atoms with Crippen molar-refractivity contribution < 1.29 is 0 Å². The summed E-state index contributed by atoms with van der Waals surface area (Å²) in [5, 5.41) is 0. The summed E-state index contributed by atoms with van der Waals surface area (Å²) in [6, 6.07) is 11.8. The van der Waals surface area contributed by atoms with Gasteiger partial charge in [0.25, 0.3) is 5.56 Å². The highest BCUT2D eigenvalue weighted by molar-refractivity contribution is 5.62. The second kappa shape index (κ2) is 4.69. The van der Waals surface area contributed by atoms with Crippen molar-refractivity contribution in [2.75, 3.05) is 5.73 Å². The summed E-state index contributed by atoms with van der Waals surface area (Å²) in [6.07, 6.45) is 0. The second-order valence-electron chi connectivity index (χ2n) is 4.81. The Morgan fingerprint density at radius 1 is 1.06 bits per heavy atom. The molecular weight excluding hydrogens is 224 g/mol. The standard InChI is InChI=1S/C15H18N2O/c1-10(2)17-14(9-8-13(16)15(17)18)12-6-4-11(3)5-7-12/h4-10H,16H2,1-3H3.